The number of benzene rings is 2. The summed E-state index contributed by atoms with van der Waals surface area (Å²) < 4.78 is 0. The van der Waals surface area contributed by atoms with Crippen molar-refractivity contribution in [2.45, 2.75) is 19.4 Å². The SMILES string of the molecule is CCN(O)C(=O)[C@H](Cc1ccccc1)Nc1nc2ccc(Cl)cc2cc1C(=O)O. The first-order chi connectivity index (χ1) is 13.9. The number of hydrogen-bond donors (Lipinski definition) is 3. The van der Waals surface area contributed by atoms with Crippen molar-refractivity contribution in [3.63, 3.8) is 0 Å². The topological polar surface area (TPSA) is 103 Å². The summed E-state index contributed by atoms with van der Waals surface area (Å²) in [5.74, 6) is -1.72. The lowest BCUT2D eigenvalue weighted by atomic mass is 10.0. The molecule has 0 fully saturated rings. The Kier molecular flexibility index (Phi) is 6.31. The smallest absolute Gasteiger partial charge is 0.339 e. The van der Waals surface area contributed by atoms with Crippen LogP contribution in [0.3, 0.4) is 0 Å². The van der Waals surface area contributed by atoms with Crippen LogP contribution in [0, 0.1) is 0 Å². The fourth-order valence-electron chi connectivity index (χ4n) is 2.97. The van der Waals surface area contributed by atoms with Gasteiger partial charge >= 0.3 is 5.97 Å². The molecular formula is C21H20ClN3O4. The number of anilines is 1. The van der Waals surface area contributed by atoms with Crippen LogP contribution in [0.25, 0.3) is 10.9 Å². The second kappa shape index (κ2) is 8.89. The number of carboxylic acids is 1. The summed E-state index contributed by atoms with van der Waals surface area (Å²) in [6, 6.07) is 14.7. The number of nitrogens with one attached hydrogen (secondary N) is 1. The highest BCUT2D eigenvalue weighted by Crippen LogP contribution is 2.25. The number of fused-ring (bicyclic) bond motifs is 1. The summed E-state index contributed by atoms with van der Waals surface area (Å²) in [6.07, 6.45) is 0.246. The molecule has 8 heteroatoms. The summed E-state index contributed by atoms with van der Waals surface area (Å²) in [5.41, 5.74) is 1.29. The van der Waals surface area contributed by atoms with Crippen molar-refractivity contribution in [3.05, 3.63) is 70.7 Å². The number of likely N-dealkylation sites (N-methyl/N-ethyl adjacent to an activating group) is 1. The van der Waals surface area contributed by atoms with E-state index in [0.717, 1.165) is 5.56 Å². The van der Waals surface area contributed by atoms with E-state index in [1.54, 1.807) is 25.1 Å². The van der Waals surface area contributed by atoms with E-state index in [1.165, 1.54) is 6.07 Å². The van der Waals surface area contributed by atoms with Gasteiger partial charge in [-0.1, -0.05) is 41.9 Å². The Balaban J connectivity index is 2.02. The maximum Gasteiger partial charge on any atom is 0.339 e. The predicted octanol–water partition coefficient (Wildman–Crippen LogP) is 3.85. The number of carboxylic acid groups (broad SMARTS) is 1. The van der Waals surface area contributed by atoms with Crippen LogP contribution in [0.1, 0.15) is 22.8 Å². The molecule has 0 spiro atoms. The number of pyridine rings is 1. The van der Waals surface area contributed by atoms with Gasteiger partial charge in [-0.3, -0.25) is 10.0 Å². The van der Waals surface area contributed by atoms with Crippen LogP contribution in [0.5, 0.6) is 0 Å². The van der Waals surface area contributed by atoms with Gasteiger partial charge in [0.2, 0.25) is 0 Å². The van der Waals surface area contributed by atoms with Gasteiger partial charge in [-0.15, -0.1) is 0 Å². The van der Waals surface area contributed by atoms with Gasteiger partial charge in [0.05, 0.1) is 5.52 Å². The molecule has 1 amide bonds. The Bertz CT molecular complexity index is 1040. The number of aromatic carboxylic acids is 1. The lowest BCUT2D eigenvalue weighted by molar-refractivity contribution is -0.165. The average molecular weight is 414 g/mol. The number of amides is 1. The molecule has 0 saturated carbocycles. The van der Waals surface area contributed by atoms with Crippen molar-refractivity contribution in [1.29, 1.82) is 0 Å². The van der Waals surface area contributed by atoms with Crippen molar-refractivity contribution in [2.24, 2.45) is 0 Å². The zero-order valence-electron chi connectivity index (χ0n) is 15.7. The quantitative estimate of drug-likeness (QED) is 0.401. The van der Waals surface area contributed by atoms with Crippen LogP contribution >= 0.6 is 11.6 Å². The zero-order chi connectivity index (χ0) is 21.0. The van der Waals surface area contributed by atoms with Crippen molar-refractivity contribution in [2.75, 3.05) is 11.9 Å². The van der Waals surface area contributed by atoms with E-state index in [-0.39, 0.29) is 24.3 Å². The number of halogens is 1. The van der Waals surface area contributed by atoms with E-state index in [4.69, 9.17) is 11.6 Å². The minimum atomic E-state index is -1.19. The molecule has 3 aromatic rings. The number of nitrogens with zero attached hydrogens (tertiary/aromatic N) is 2. The number of hydrogen-bond acceptors (Lipinski definition) is 5. The van der Waals surface area contributed by atoms with Crippen molar-refractivity contribution in [1.82, 2.24) is 10.0 Å². The van der Waals surface area contributed by atoms with Gasteiger partial charge in [0.1, 0.15) is 17.4 Å². The minimum Gasteiger partial charge on any atom is -0.478 e. The lowest BCUT2D eigenvalue weighted by Crippen LogP contribution is -2.43. The summed E-state index contributed by atoms with van der Waals surface area (Å²) in [6.45, 7) is 1.74. The van der Waals surface area contributed by atoms with Gasteiger partial charge in [0.15, 0.2) is 0 Å². The molecule has 0 radical (unpaired) electrons. The van der Waals surface area contributed by atoms with Gasteiger partial charge in [-0.2, -0.15) is 0 Å². The largest absolute Gasteiger partial charge is 0.478 e. The molecule has 0 aliphatic heterocycles. The van der Waals surface area contributed by atoms with Gasteiger partial charge in [0, 0.05) is 23.4 Å². The van der Waals surface area contributed by atoms with Gasteiger partial charge in [0.25, 0.3) is 5.91 Å². The highest BCUT2D eigenvalue weighted by Gasteiger charge is 2.26. The number of carbonyl (C=O) groups is 2. The minimum absolute atomic E-state index is 0.0473. The van der Waals surface area contributed by atoms with Crippen molar-refractivity contribution < 1.29 is 19.9 Å². The molecule has 1 aromatic heterocycles. The monoisotopic (exact) mass is 413 g/mol. The fourth-order valence-corrected chi connectivity index (χ4v) is 3.15. The van der Waals surface area contributed by atoms with Crippen LogP contribution in [0.4, 0.5) is 5.82 Å². The van der Waals surface area contributed by atoms with E-state index in [0.29, 0.717) is 21.0 Å². The van der Waals surface area contributed by atoms with Crippen LogP contribution in [-0.2, 0) is 11.2 Å². The summed E-state index contributed by atoms with van der Waals surface area (Å²) in [5, 5.41) is 24.1. The molecular weight excluding hydrogens is 394 g/mol. The van der Waals surface area contributed by atoms with E-state index < -0.39 is 17.9 Å². The average Bonchev–Trinajstić information content (AvgIpc) is 2.72. The van der Waals surface area contributed by atoms with Crippen LogP contribution in [0.2, 0.25) is 5.02 Å². The fraction of sp³-hybridized carbons (Fsp3) is 0.190. The maximum absolute atomic E-state index is 12.7. The lowest BCUT2D eigenvalue weighted by Gasteiger charge is -2.23. The first kappa shape index (κ1) is 20.6. The number of hydroxylamine groups is 2. The Morgan fingerprint density at radius 1 is 1.17 bits per heavy atom. The first-order valence-corrected chi connectivity index (χ1v) is 9.41. The van der Waals surface area contributed by atoms with Gasteiger partial charge in [-0.05, 0) is 36.8 Å². The molecule has 1 heterocycles. The third kappa shape index (κ3) is 4.82. The second-order valence-corrected chi connectivity index (χ2v) is 6.90. The van der Waals surface area contributed by atoms with Gasteiger partial charge in [-0.25, -0.2) is 14.8 Å². The summed E-state index contributed by atoms with van der Waals surface area (Å²) in [7, 11) is 0. The molecule has 3 N–H and O–H groups in total. The van der Waals surface area contributed by atoms with Crippen LogP contribution in [-0.4, -0.2) is 44.8 Å². The molecule has 150 valence electrons. The summed E-state index contributed by atoms with van der Waals surface area (Å²) >= 11 is 5.99. The van der Waals surface area contributed by atoms with E-state index >= 15 is 0 Å². The summed E-state index contributed by atoms with van der Waals surface area (Å²) in [4.78, 5) is 28.9. The molecule has 0 aliphatic carbocycles. The highest BCUT2D eigenvalue weighted by atomic mass is 35.5. The van der Waals surface area contributed by atoms with E-state index in [2.05, 4.69) is 10.3 Å². The van der Waals surface area contributed by atoms with Crippen molar-refractivity contribution in [3.8, 4) is 0 Å². The first-order valence-electron chi connectivity index (χ1n) is 9.03. The zero-order valence-corrected chi connectivity index (χ0v) is 16.4. The van der Waals surface area contributed by atoms with Gasteiger partial charge < -0.3 is 10.4 Å². The third-order valence-corrected chi connectivity index (χ3v) is 4.69. The maximum atomic E-state index is 12.7. The predicted molar refractivity (Wildman–Crippen MR) is 110 cm³/mol. The molecule has 29 heavy (non-hydrogen) atoms. The molecule has 0 bridgehead atoms. The Morgan fingerprint density at radius 2 is 1.90 bits per heavy atom. The standard InChI is InChI=1S/C21H20ClN3O4/c1-2-25(29)20(26)18(10-13-6-4-3-5-7-13)24-19-16(21(27)28)12-14-11-15(22)8-9-17(14)23-19/h3-9,11-12,18,29H,2,10H2,1H3,(H,23,24)(H,27,28)/t18-/m0/s1. The molecule has 2 aromatic carbocycles. The molecule has 0 aliphatic rings. The molecule has 3 rings (SSSR count). The third-order valence-electron chi connectivity index (χ3n) is 4.45. The Labute approximate surface area is 172 Å². The normalized spacial score (nSPS) is 11.8. The molecule has 0 saturated heterocycles. The molecule has 0 unspecified atom stereocenters. The number of rotatable bonds is 7. The van der Waals surface area contributed by atoms with Crippen LogP contribution < -0.4 is 5.32 Å². The highest BCUT2D eigenvalue weighted by molar-refractivity contribution is 6.31. The number of aromatic nitrogens is 1. The number of carbonyl (C=O) groups excluding carboxylic acids is 1. The Morgan fingerprint density at radius 3 is 2.55 bits per heavy atom. The second-order valence-electron chi connectivity index (χ2n) is 6.47. The van der Waals surface area contributed by atoms with E-state index in [9.17, 15) is 19.9 Å². The van der Waals surface area contributed by atoms with E-state index in [1.807, 2.05) is 30.3 Å². The van der Waals surface area contributed by atoms with Crippen molar-refractivity contribution >= 4 is 40.2 Å². The molecule has 7 nitrogen and oxygen atoms in total. The molecule has 1 atom stereocenters. The Hall–Kier alpha value is -3.16. The van der Waals surface area contributed by atoms with Crippen LogP contribution in [0.15, 0.2) is 54.6 Å².